The first-order valence-electron chi connectivity index (χ1n) is 4.74. The smallest absolute Gasteiger partial charge is 0.210 e. The van der Waals surface area contributed by atoms with Gasteiger partial charge in [0.05, 0.1) is 6.04 Å². The molecular weight excluding hydrogens is 178 g/mol. The summed E-state index contributed by atoms with van der Waals surface area (Å²) < 4.78 is 0. The lowest BCUT2D eigenvalue weighted by Crippen LogP contribution is -2.22. The van der Waals surface area contributed by atoms with E-state index in [0.717, 1.165) is 31.4 Å². The van der Waals surface area contributed by atoms with Gasteiger partial charge in [0.2, 0.25) is 6.41 Å². The molecule has 2 N–H and O–H groups in total. The number of amides is 1. The highest BCUT2D eigenvalue weighted by Gasteiger charge is 2.26. The molecule has 0 aromatic carbocycles. The van der Waals surface area contributed by atoms with E-state index in [-0.39, 0.29) is 6.04 Å². The molecule has 14 heavy (non-hydrogen) atoms. The maximum Gasteiger partial charge on any atom is 0.210 e. The van der Waals surface area contributed by atoms with E-state index in [1.165, 1.54) is 0 Å². The Morgan fingerprint density at radius 2 is 2.50 bits per heavy atom. The average molecular weight is 191 g/mol. The minimum absolute atomic E-state index is 0.126. The van der Waals surface area contributed by atoms with Crippen LogP contribution in [0.25, 0.3) is 0 Å². The van der Waals surface area contributed by atoms with E-state index in [9.17, 15) is 4.79 Å². The summed E-state index contributed by atoms with van der Waals surface area (Å²) in [6.45, 7) is 0.822. The zero-order valence-corrected chi connectivity index (χ0v) is 7.89. The topological polar surface area (TPSA) is 59.2 Å². The van der Waals surface area contributed by atoms with Crippen molar-refractivity contribution in [3.05, 3.63) is 23.9 Å². The van der Waals surface area contributed by atoms with E-state index in [4.69, 9.17) is 5.73 Å². The van der Waals surface area contributed by atoms with Gasteiger partial charge in [-0.15, -0.1) is 0 Å². The second kappa shape index (κ2) is 3.65. The standard InChI is InChI=1S/C10H13N3O/c11-10-8(3-1-5-12-10)9-4-2-6-13(9)7-14/h1,3,5,7,9H,2,4,6H2,(H2,11,12). The van der Waals surface area contributed by atoms with Crippen molar-refractivity contribution in [3.8, 4) is 0 Å². The van der Waals surface area contributed by atoms with E-state index in [2.05, 4.69) is 4.98 Å². The number of anilines is 1. The van der Waals surface area contributed by atoms with E-state index in [1.54, 1.807) is 11.1 Å². The number of nitrogens with two attached hydrogens (primary N) is 1. The van der Waals surface area contributed by atoms with Crippen molar-refractivity contribution in [1.82, 2.24) is 9.88 Å². The first-order valence-corrected chi connectivity index (χ1v) is 4.74. The van der Waals surface area contributed by atoms with Gasteiger partial charge >= 0.3 is 0 Å². The highest BCUT2D eigenvalue weighted by molar-refractivity contribution is 5.52. The second-order valence-electron chi connectivity index (χ2n) is 3.48. The van der Waals surface area contributed by atoms with Crippen molar-refractivity contribution in [2.24, 2.45) is 0 Å². The summed E-state index contributed by atoms with van der Waals surface area (Å²) in [5.74, 6) is 0.534. The highest BCUT2D eigenvalue weighted by atomic mass is 16.1. The molecule has 1 fully saturated rings. The van der Waals surface area contributed by atoms with Crippen molar-refractivity contribution in [2.75, 3.05) is 12.3 Å². The molecule has 0 aliphatic carbocycles. The Morgan fingerprint density at radius 1 is 1.64 bits per heavy atom. The van der Waals surface area contributed by atoms with Crippen LogP contribution in [0.15, 0.2) is 18.3 Å². The van der Waals surface area contributed by atoms with Crippen LogP contribution in [0.4, 0.5) is 5.82 Å². The van der Waals surface area contributed by atoms with E-state index in [1.807, 2.05) is 12.1 Å². The van der Waals surface area contributed by atoms with Crippen molar-refractivity contribution < 1.29 is 4.79 Å². The van der Waals surface area contributed by atoms with Gasteiger partial charge in [0.25, 0.3) is 0 Å². The predicted molar refractivity (Wildman–Crippen MR) is 53.4 cm³/mol. The summed E-state index contributed by atoms with van der Waals surface area (Å²) in [5, 5.41) is 0. The van der Waals surface area contributed by atoms with E-state index >= 15 is 0 Å². The van der Waals surface area contributed by atoms with Gasteiger partial charge in [0.1, 0.15) is 5.82 Å². The fourth-order valence-electron chi connectivity index (χ4n) is 1.96. The molecule has 1 atom stereocenters. The fourth-order valence-corrected chi connectivity index (χ4v) is 1.96. The van der Waals surface area contributed by atoms with Crippen LogP contribution in [-0.2, 0) is 4.79 Å². The maximum absolute atomic E-state index is 10.8. The molecule has 1 aliphatic rings. The predicted octanol–water partition coefficient (Wildman–Crippen LogP) is 0.957. The quantitative estimate of drug-likeness (QED) is 0.708. The second-order valence-corrected chi connectivity index (χ2v) is 3.48. The van der Waals surface area contributed by atoms with Gasteiger partial charge in [0, 0.05) is 18.3 Å². The van der Waals surface area contributed by atoms with Gasteiger partial charge in [-0.05, 0) is 18.9 Å². The molecule has 0 bridgehead atoms. The van der Waals surface area contributed by atoms with E-state index < -0.39 is 0 Å². The Bertz CT molecular complexity index is 340. The molecule has 4 nitrogen and oxygen atoms in total. The number of nitrogen functional groups attached to an aromatic ring is 1. The summed E-state index contributed by atoms with van der Waals surface area (Å²) in [6, 6.07) is 3.92. The summed E-state index contributed by atoms with van der Waals surface area (Å²) in [4.78, 5) is 16.6. The third-order valence-corrected chi connectivity index (χ3v) is 2.66. The molecule has 74 valence electrons. The van der Waals surface area contributed by atoms with Crippen LogP contribution in [-0.4, -0.2) is 22.8 Å². The zero-order valence-electron chi connectivity index (χ0n) is 7.89. The van der Waals surface area contributed by atoms with Crippen molar-refractivity contribution in [2.45, 2.75) is 18.9 Å². The van der Waals surface area contributed by atoms with Crippen molar-refractivity contribution >= 4 is 12.2 Å². The summed E-state index contributed by atoms with van der Waals surface area (Å²) in [6.07, 6.45) is 4.58. The number of carbonyl (C=O) groups is 1. The van der Waals surface area contributed by atoms with Crippen LogP contribution in [0.1, 0.15) is 24.4 Å². The number of nitrogens with zero attached hydrogens (tertiary/aromatic N) is 2. The Balaban J connectivity index is 2.30. The van der Waals surface area contributed by atoms with Crippen LogP contribution >= 0.6 is 0 Å². The Kier molecular flexibility index (Phi) is 2.35. The number of hydrogen-bond acceptors (Lipinski definition) is 3. The number of hydrogen-bond donors (Lipinski definition) is 1. The number of likely N-dealkylation sites (tertiary alicyclic amines) is 1. The number of pyridine rings is 1. The molecule has 0 radical (unpaired) electrons. The van der Waals surface area contributed by atoms with Crippen molar-refractivity contribution in [3.63, 3.8) is 0 Å². The molecule has 0 saturated carbocycles. The molecule has 1 amide bonds. The monoisotopic (exact) mass is 191 g/mol. The lowest BCUT2D eigenvalue weighted by molar-refractivity contribution is -0.118. The van der Waals surface area contributed by atoms with Gasteiger partial charge in [0.15, 0.2) is 0 Å². The number of rotatable bonds is 2. The molecule has 2 heterocycles. The van der Waals surface area contributed by atoms with Crippen LogP contribution in [0, 0.1) is 0 Å². The third kappa shape index (κ3) is 1.43. The first kappa shape index (κ1) is 8.99. The highest BCUT2D eigenvalue weighted by Crippen LogP contribution is 2.32. The van der Waals surface area contributed by atoms with E-state index in [0.29, 0.717) is 5.82 Å². The molecule has 1 aromatic heterocycles. The Morgan fingerprint density at radius 3 is 3.21 bits per heavy atom. The van der Waals surface area contributed by atoms with Crippen LogP contribution < -0.4 is 5.73 Å². The Hall–Kier alpha value is -1.58. The van der Waals surface area contributed by atoms with Crippen LogP contribution in [0.3, 0.4) is 0 Å². The Labute approximate surface area is 82.7 Å². The molecule has 4 heteroatoms. The summed E-state index contributed by atoms with van der Waals surface area (Å²) in [5.41, 5.74) is 6.73. The minimum Gasteiger partial charge on any atom is -0.383 e. The summed E-state index contributed by atoms with van der Waals surface area (Å²) >= 11 is 0. The fraction of sp³-hybridized carbons (Fsp3) is 0.400. The molecule has 1 aromatic rings. The van der Waals surface area contributed by atoms with Crippen LogP contribution in [0.2, 0.25) is 0 Å². The number of carbonyl (C=O) groups excluding carboxylic acids is 1. The molecule has 0 spiro atoms. The lowest BCUT2D eigenvalue weighted by atomic mass is 10.1. The molecule has 2 rings (SSSR count). The van der Waals surface area contributed by atoms with Gasteiger partial charge in [-0.25, -0.2) is 4.98 Å². The minimum atomic E-state index is 0.126. The molecule has 1 aliphatic heterocycles. The summed E-state index contributed by atoms with van der Waals surface area (Å²) in [7, 11) is 0. The largest absolute Gasteiger partial charge is 0.383 e. The molecular formula is C10H13N3O. The van der Waals surface area contributed by atoms with Crippen LogP contribution in [0.5, 0.6) is 0 Å². The number of aromatic nitrogens is 1. The molecule has 1 saturated heterocycles. The molecule has 1 unspecified atom stereocenters. The average Bonchev–Trinajstić information content (AvgIpc) is 2.66. The van der Waals surface area contributed by atoms with Gasteiger partial charge in [-0.1, -0.05) is 6.07 Å². The van der Waals surface area contributed by atoms with Gasteiger partial charge in [-0.2, -0.15) is 0 Å². The SMILES string of the molecule is Nc1ncccc1C1CCCN1C=O. The maximum atomic E-state index is 10.8. The van der Waals surface area contributed by atoms with Crippen molar-refractivity contribution in [1.29, 1.82) is 0 Å². The van der Waals surface area contributed by atoms with Gasteiger partial charge < -0.3 is 10.6 Å². The zero-order chi connectivity index (χ0) is 9.97. The third-order valence-electron chi connectivity index (χ3n) is 2.66. The lowest BCUT2D eigenvalue weighted by Gasteiger charge is -2.20. The normalized spacial score (nSPS) is 21.1. The first-order chi connectivity index (χ1) is 6.83. The van der Waals surface area contributed by atoms with Gasteiger partial charge in [-0.3, -0.25) is 4.79 Å².